The lowest BCUT2D eigenvalue weighted by atomic mass is 9.94. The van der Waals surface area contributed by atoms with Crippen LogP contribution in [-0.2, 0) is 11.2 Å². The van der Waals surface area contributed by atoms with E-state index >= 15 is 0 Å². The highest BCUT2D eigenvalue weighted by molar-refractivity contribution is 7.10. The topological polar surface area (TPSA) is 41.1 Å². The molecule has 2 N–H and O–H groups in total. The van der Waals surface area contributed by atoms with E-state index in [0.29, 0.717) is 0 Å². The lowest BCUT2D eigenvalue weighted by molar-refractivity contribution is -0.123. The van der Waals surface area contributed by atoms with Gasteiger partial charge in [0.2, 0.25) is 5.91 Å². The molecule has 0 aromatic carbocycles. The lowest BCUT2D eigenvalue weighted by Crippen LogP contribution is -2.42. The van der Waals surface area contributed by atoms with E-state index < -0.39 is 0 Å². The molecule has 1 aliphatic heterocycles. The molecule has 1 aliphatic carbocycles. The van der Waals surface area contributed by atoms with Crippen molar-refractivity contribution < 1.29 is 4.79 Å². The fourth-order valence-electron chi connectivity index (χ4n) is 2.82. The number of amides is 1. The van der Waals surface area contributed by atoms with Crippen LogP contribution in [0, 0.1) is 0 Å². The van der Waals surface area contributed by atoms with Gasteiger partial charge in [0.25, 0.3) is 0 Å². The van der Waals surface area contributed by atoms with Gasteiger partial charge in [0, 0.05) is 4.88 Å². The maximum absolute atomic E-state index is 12.1. The van der Waals surface area contributed by atoms with Gasteiger partial charge in [-0.25, -0.2) is 0 Å². The van der Waals surface area contributed by atoms with Gasteiger partial charge in [-0.1, -0.05) is 0 Å². The van der Waals surface area contributed by atoms with Gasteiger partial charge < -0.3 is 10.6 Å². The van der Waals surface area contributed by atoms with Crippen LogP contribution < -0.4 is 10.6 Å². The molecule has 17 heavy (non-hydrogen) atoms. The molecule has 0 bridgehead atoms. The van der Waals surface area contributed by atoms with E-state index in [2.05, 4.69) is 22.1 Å². The average molecular weight is 250 g/mol. The zero-order valence-corrected chi connectivity index (χ0v) is 10.7. The summed E-state index contributed by atoms with van der Waals surface area (Å²) >= 11 is 1.82. The minimum atomic E-state index is 0.0408. The molecule has 1 aromatic rings. The average Bonchev–Trinajstić information content (AvgIpc) is 3.00. The van der Waals surface area contributed by atoms with Crippen LogP contribution in [0.5, 0.6) is 0 Å². The van der Waals surface area contributed by atoms with Gasteiger partial charge in [-0.2, -0.15) is 0 Å². The second-order valence-electron chi connectivity index (χ2n) is 4.90. The number of nitrogens with one attached hydrogen (secondary N) is 2. The number of fused-ring (bicyclic) bond motifs is 1. The number of thiophene rings is 1. The Morgan fingerprint density at radius 3 is 3.18 bits per heavy atom. The molecule has 0 radical (unpaired) electrons. The maximum atomic E-state index is 12.1. The van der Waals surface area contributed by atoms with Crippen LogP contribution >= 0.6 is 11.3 Å². The van der Waals surface area contributed by atoms with Gasteiger partial charge in [0.15, 0.2) is 0 Å². The summed E-state index contributed by atoms with van der Waals surface area (Å²) < 4.78 is 0. The molecular weight excluding hydrogens is 232 g/mol. The first kappa shape index (κ1) is 11.2. The molecule has 1 amide bonds. The molecule has 0 spiro atoms. The van der Waals surface area contributed by atoms with Crippen LogP contribution in [-0.4, -0.2) is 18.5 Å². The molecule has 2 aliphatic rings. The van der Waals surface area contributed by atoms with E-state index in [1.807, 2.05) is 11.3 Å². The van der Waals surface area contributed by atoms with E-state index in [1.54, 1.807) is 0 Å². The highest BCUT2D eigenvalue weighted by atomic mass is 32.1. The summed E-state index contributed by atoms with van der Waals surface area (Å²) in [7, 11) is 0. The molecule has 1 fully saturated rings. The van der Waals surface area contributed by atoms with Crippen LogP contribution in [0.2, 0.25) is 0 Å². The van der Waals surface area contributed by atoms with Gasteiger partial charge in [-0.3, -0.25) is 4.79 Å². The number of hydrogen-bond donors (Lipinski definition) is 2. The monoisotopic (exact) mass is 250 g/mol. The smallest absolute Gasteiger partial charge is 0.237 e. The third kappa shape index (κ3) is 2.24. The Morgan fingerprint density at radius 2 is 2.35 bits per heavy atom. The first-order valence-corrected chi connectivity index (χ1v) is 7.32. The third-order valence-electron chi connectivity index (χ3n) is 3.75. The van der Waals surface area contributed by atoms with E-state index in [-0.39, 0.29) is 18.0 Å². The summed E-state index contributed by atoms with van der Waals surface area (Å²) in [6.45, 7) is 0.979. The highest BCUT2D eigenvalue weighted by Gasteiger charge is 2.27. The van der Waals surface area contributed by atoms with Crippen LogP contribution in [0.3, 0.4) is 0 Å². The quantitative estimate of drug-likeness (QED) is 0.843. The van der Waals surface area contributed by atoms with Crippen LogP contribution in [0.15, 0.2) is 11.4 Å². The van der Waals surface area contributed by atoms with Crippen molar-refractivity contribution in [2.24, 2.45) is 0 Å². The molecule has 2 atom stereocenters. The summed E-state index contributed by atoms with van der Waals surface area (Å²) in [6.07, 6.45) is 5.56. The van der Waals surface area contributed by atoms with Gasteiger partial charge >= 0.3 is 0 Å². The Morgan fingerprint density at radius 1 is 1.41 bits per heavy atom. The fraction of sp³-hybridized carbons (Fsp3) is 0.615. The molecule has 2 heterocycles. The molecule has 1 saturated heterocycles. The van der Waals surface area contributed by atoms with Crippen LogP contribution in [0.25, 0.3) is 0 Å². The Hall–Kier alpha value is -0.870. The number of aryl methyl sites for hydroxylation is 1. The molecule has 1 aromatic heterocycles. The summed E-state index contributed by atoms with van der Waals surface area (Å²) in [5.74, 6) is 0.187. The second kappa shape index (κ2) is 4.78. The first-order chi connectivity index (χ1) is 8.34. The third-order valence-corrected chi connectivity index (χ3v) is 4.74. The number of rotatable bonds is 2. The van der Waals surface area contributed by atoms with Crippen LogP contribution in [0.1, 0.15) is 42.2 Å². The number of carbonyl (C=O) groups is 1. The SMILES string of the molecule is O=C(NC1CCCc2sccc21)C1CCCN1. The molecule has 4 heteroatoms. The number of carbonyl (C=O) groups excluding carboxylic acids is 1. The van der Waals surface area contributed by atoms with Crippen molar-refractivity contribution in [3.05, 3.63) is 21.9 Å². The molecule has 92 valence electrons. The van der Waals surface area contributed by atoms with E-state index in [9.17, 15) is 4.79 Å². The Kier molecular flexibility index (Phi) is 3.16. The van der Waals surface area contributed by atoms with Gasteiger partial charge in [0.1, 0.15) is 0 Å². The summed E-state index contributed by atoms with van der Waals surface area (Å²) in [5.41, 5.74) is 1.35. The maximum Gasteiger partial charge on any atom is 0.237 e. The van der Waals surface area contributed by atoms with Gasteiger partial charge in [-0.05, 0) is 55.7 Å². The van der Waals surface area contributed by atoms with Crippen molar-refractivity contribution in [3.8, 4) is 0 Å². The van der Waals surface area contributed by atoms with Crippen molar-refractivity contribution in [1.29, 1.82) is 0 Å². The van der Waals surface area contributed by atoms with Crippen molar-refractivity contribution in [3.63, 3.8) is 0 Å². The molecule has 2 unspecified atom stereocenters. The van der Waals surface area contributed by atoms with E-state index in [0.717, 1.165) is 25.8 Å². The molecular formula is C13H18N2OS. The minimum Gasteiger partial charge on any atom is -0.348 e. The second-order valence-corrected chi connectivity index (χ2v) is 5.90. The Bertz CT molecular complexity index is 409. The molecule has 3 nitrogen and oxygen atoms in total. The Labute approximate surface area is 106 Å². The van der Waals surface area contributed by atoms with Gasteiger partial charge in [-0.15, -0.1) is 11.3 Å². The van der Waals surface area contributed by atoms with Crippen molar-refractivity contribution in [2.75, 3.05) is 6.54 Å². The first-order valence-electron chi connectivity index (χ1n) is 6.44. The normalized spacial score (nSPS) is 27.8. The van der Waals surface area contributed by atoms with E-state index in [1.165, 1.54) is 23.3 Å². The predicted molar refractivity (Wildman–Crippen MR) is 69.2 cm³/mol. The standard InChI is InChI=1S/C13H18N2OS/c16-13(11-4-2-7-14-11)15-10-3-1-5-12-9(10)6-8-17-12/h6,8,10-11,14H,1-5,7H2,(H,15,16). The zero-order chi connectivity index (χ0) is 11.7. The summed E-state index contributed by atoms with van der Waals surface area (Å²) in [4.78, 5) is 13.5. The predicted octanol–water partition coefficient (Wildman–Crippen LogP) is 1.99. The molecule has 3 rings (SSSR count). The highest BCUT2D eigenvalue weighted by Crippen LogP contribution is 2.33. The zero-order valence-electron chi connectivity index (χ0n) is 9.87. The van der Waals surface area contributed by atoms with Crippen molar-refractivity contribution >= 4 is 17.2 Å². The summed E-state index contributed by atoms with van der Waals surface area (Å²) in [5, 5.41) is 8.60. The lowest BCUT2D eigenvalue weighted by Gasteiger charge is -2.25. The van der Waals surface area contributed by atoms with E-state index in [4.69, 9.17) is 0 Å². The Balaban J connectivity index is 1.68. The van der Waals surface area contributed by atoms with Crippen molar-refractivity contribution in [1.82, 2.24) is 10.6 Å². The largest absolute Gasteiger partial charge is 0.348 e. The fourth-order valence-corrected chi connectivity index (χ4v) is 3.80. The number of hydrogen-bond acceptors (Lipinski definition) is 3. The van der Waals surface area contributed by atoms with Gasteiger partial charge in [0.05, 0.1) is 12.1 Å². The summed E-state index contributed by atoms with van der Waals surface area (Å²) in [6, 6.07) is 2.46. The van der Waals surface area contributed by atoms with Crippen LogP contribution in [0.4, 0.5) is 0 Å². The minimum absolute atomic E-state index is 0.0408. The molecule has 0 saturated carbocycles. The van der Waals surface area contributed by atoms with Crippen molar-refractivity contribution in [2.45, 2.75) is 44.2 Å².